The molecule has 0 unspecified atom stereocenters. The Balaban J connectivity index is 2.34. The van der Waals surface area contributed by atoms with Gasteiger partial charge in [0.25, 0.3) is 0 Å². The standard InChI is InChI=1S/C14H18BrFN2O3/c1-14(2,3)21-13(20)17-7-6-12(19)18-9-4-5-10(15)11(16)8-9/h4-5,8H,6-7H2,1-3H3,(H,17,20)(H,18,19). The molecule has 0 saturated carbocycles. The van der Waals surface area contributed by atoms with Gasteiger partial charge in [0, 0.05) is 18.7 Å². The molecule has 21 heavy (non-hydrogen) atoms. The van der Waals surface area contributed by atoms with Crippen molar-refractivity contribution in [2.45, 2.75) is 32.8 Å². The summed E-state index contributed by atoms with van der Waals surface area (Å²) >= 11 is 3.03. The number of nitrogens with one attached hydrogen (secondary N) is 2. The van der Waals surface area contributed by atoms with E-state index in [9.17, 15) is 14.0 Å². The Kier molecular flexibility index (Phi) is 6.14. The first-order valence-corrected chi connectivity index (χ1v) is 7.18. The van der Waals surface area contributed by atoms with Crippen molar-refractivity contribution in [3.63, 3.8) is 0 Å². The van der Waals surface area contributed by atoms with E-state index in [0.29, 0.717) is 10.2 Å². The molecule has 1 aromatic rings. The van der Waals surface area contributed by atoms with Crippen molar-refractivity contribution < 1.29 is 18.7 Å². The van der Waals surface area contributed by atoms with Crippen molar-refractivity contribution in [1.29, 1.82) is 0 Å². The Morgan fingerprint density at radius 2 is 2.00 bits per heavy atom. The highest BCUT2D eigenvalue weighted by Gasteiger charge is 2.15. The quantitative estimate of drug-likeness (QED) is 0.863. The molecule has 1 rings (SSSR count). The second-order valence-corrected chi connectivity index (χ2v) is 6.21. The van der Waals surface area contributed by atoms with Crippen LogP contribution in [0.25, 0.3) is 0 Å². The first-order valence-electron chi connectivity index (χ1n) is 6.39. The molecule has 0 fully saturated rings. The molecule has 5 nitrogen and oxygen atoms in total. The highest BCUT2D eigenvalue weighted by Crippen LogP contribution is 2.19. The number of ether oxygens (including phenoxy) is 1. The van der Waals surface area contributed by atoms with E-state index in [1.165, 1.54) is 12.1 Å². The number of carbonyl (C=O) groups excluding carboxylic acids is 2. The monoisotopic (exact) mass is 360 g/mol. The fourth-order valence-electron chi connectivity index (χ4n) is 1.39. The van der Waals surface area contributed by atoms with Crippen LogP contribution >= 0.6 is 15.9 Å². The number of halogens is 2. The zero-order chi connectivity index (χ0) is 16.0. The molecule has 1 aromatic carbocycles. The van der Waals surface area contributed by atoms with Gasteiger partial charge in [-0.3, -0.25) is 4.79 Å². The van der Waals surface area contributed by atoms with Gasteiger partial charge in [-0.15, -0.1) is 0 Å². The van der Waals surface area contributed by atoms with Crippen LogP contribution in [0.1, 0.15) is 27.2 Å². The molecule has 0 aliphatic carbocycles. The minimum absolute atomic E-state index is 0.0664. The Bertz CT molecular complexity index is 529. The highest BCUT2D eigenvalue weighted by molar-refractivity contribution is 9.10. The van der Waals surface area contributed by atoms with Gasteiger partial charge >= 0.3 is 6.09 Å². The zero-order valence-electron chi connectivity index (χ0n) is 12.1. The molecule has 0 atom stereocenters. The van der Waals surface area contributed by atoms with Gasteiger partial charge in [0.05, 0.1) is 4.47 Å². The van der Waals surface area contributed by atoms with Crippen LogP contribution in [0.15, 0.2) is 22.7 Å². The Labute approximate surface area is 131 Å². The maximum Gasteiger partial charge on any atom is 0.407 e. The molecule has 2 amide bonds. The molecular formula is C14H18BrFN2O3. The van der Waals surface area contributed by atoms with E-state index in [2.05, 4.69) is 26.6 Å². The lowest BCUT2D eigenvalue weighted by Crippen LogP contribution is -2.34. The molecular weight excluding hydrogens is 343 g/mol. The van der Waals surface area contributed by atoms with Crippen LogP contribution in [0.2, 0.25) is 0 Å². The molecule has 0 aromatic heterocycles. The predicted molar refractivity (Wildman–Crippen MR) is 81.6 cm³/mol. The molecule has 0 spiro atoms. The molecule has 0 radical (unpaired) electrons. The Morgan fingerprint density at radius 1 is 1.33 bits per heavy atom. The summed E-state index contributed by atoms with van der Waals surface area (Å²) in [5, 5.41) is 5.01. The second-order valence-electron chi connectivity index (χ2n) is 5.36. The summed E-state index contributed by atoms with van der Waals surface area (Å²) in [5.74, 6) is -0.785. The minimum Gasteiger partial charge on any atom is -0.444 e. The molecule has 0 heterocycles. The lowest BCUT2D eigenvalue weighted by Gasteiger charge is -2.19. The van der Waals surface area contributed by atoms with E-state index < -0.39 is 17.5 Å². The molecule has 0 saturated heterocycles. The van der Waals surface area contributed by atoms with E-state index in [1.807, 2.05) is 0 Å². The van der Waals surface area contributed by atoms with Crippen LogP contribution in [0.5, 0.6) is 0 Å². The molecule has 7 heteroatoms. The summed E-state index contributed by atoms with van der Waals surface area (Å²) in [6.07, 6.45) is -0.512. The number of anilines is 1. The van der Waals surface area contributed by atoms with Gasteiger partial charge in [-0.1, -0.05) is 0 Å². The van der Waals surface area contributed by atoms with Gasteiger partial charge in [-0.2, -0.15) is 0 Å². The third kappa shape index (κ3) is 7.08. The predicted octanol–water partition coefficient (Wildman–Crippen LogP) is 3.44. The van der Waals surface area contributed by atoms with Gasteiger partial charge in [-0.25, -0.2) is 9.18 Å². The van der Waals surface area contributed by atoms with Crippen molar-refractivity contribution in [2.75, 3.05) is 11.9 Å². The average Bonchev–Trinajstić information content (AvgIpc) is 2.31. The Morgan fingerprint density at radius 3 is 2.57 bits per heavy atom. The normalized spacial score (nSPS) is 10.9. The van der Waals surface area contributed by atoms with Crippen LogP contribution in [-0.4, -0.2) is 24.1 Å². The Hall–Kier alpha value is -1.63. The summed E-state index contributed by atoms with van der Waals surface area (Å²) in [6, 6.07) is 4.29. The fourth-order valence-corrected chi connectivity index (χ4v) is 1.64. The van der Waals surface area contributed by atoms with Gasteiger partial charge in [0.1, 0.15) is 11.4 Å². The van der Waals surface area contributed by atoms with Crippen molar-refractivity contribution in [3.8, 4) is 0 Å². The van der Waals surface area contributed by atoms with Crippen molar-refractivity contribution in [1.82, 2.24) is 5.32 Å². The van der Waals surface area contributed by atoms with E-state index in [-0.39, 0.29) is 18.9 Å². The van der Waals surface area contributed by atoms with Crippen molar-refractivity contribution >= 4 is 33.6 Å². The SMILES string of the molecule is CC(C)(C)OC(=O)NCCC(=O)Nc1ccc(Br)c(F)c1. The number of hydrogen-bond acceptors (Lipinski definition) is 3. The second kappa shape index (κ2) is 7.40. The summed E-state index contributed by atoms with van der Waals surface area (Å²) in [7, 11) is 0. The van der Waals surface area contributed by atoms with Crippen LogP contribution in [0, 0.1) is 5.82 Å². The fraction of sp³-hybridized carbons (Fsp3) is 0.429. The summed E-state index contributed by atoms with van der Waals surface area (Å²) in [4.78, 5) is 23.0. The van der Waals surface area contributed by atoms with Gasteiger partial charge < -0.3 is 15.4 Å². The van der Waals surface area contributed by atoms with Crippen molar-refractivity contribution in [3.05, 3.63) is 28.5 Å². The highest BCUT2D eigenvalue weighted by atomic mass is 79.9. The van der Waals surface area contributed by atoms with Crippen molar-refractivity contribution in [2.24, 2.45) is 0 Å². The van der Waals surface area contributed by atoms with E-state index in [1.54, 1.807) is 26.8 Å². The molecule has 0 bridgehead atoms. The third-order valence-corrected chi connectivity index (χ3v) is 2.87. The van der Waals surface area contributed by atoms with Crippen LogP contribution < -0.4 is 10.6 Å². The minimum atomic E-state index is -0.582. The van der Waals surface area contributed by atoms with Gasteiger partial charge in [-0.05, 0) is 54.9 Å². The molecule has 116 valence electrons. The molecule has 0 aliphatic heterocycles. The average molecular weight is 361 g/mol. The molecule has 2 N–H and O–H groups in total. The van der Waals surface area contributed by atoms with Gasteiger partial charge in [0.15, 0.2) is 0 Å². The third-order valence-electron chi connectivity index (χ3n) is 2.22. The summed E-state index contributed by atoms with van der Waals surface area (Å²) < 4.78 is 18.6. The number of carbonyl (C=O) groups is 2. The lowest BCUT2D eigenvalue weighted by atomic mass is 10.2. The summed E-state index contributed by atoms with van der Waals surface area (Å²) in [6.45, 7) is 5.39. The maximum absolute atomic E-state index is 13.3. The van der Waals surface area contributed by atoms with E-state index in [0.717, 1.165) is 0 Å². The van der Waals surface area contributed by atoms with Crippen LogP contribution in [0.3, 0.4) is 0 Å². The summed E-state index contributed by atoms with van der Waals surface area (Å²) in [5.41, 5.74) is -0.223. The number of benzene rings is 1. The lowest BCUT2D eigenvalue weighted by molar-refractivity contribution is -0.116. The molecule has 0 aliphatic rings. The van der Waals surface area contributed by atoms with Crippen LogP contribution in [-0.2, 0) is 9.53 Å². The maximum atomic E-state index is 13.3. The van der Waals surface area contributed by atoms with E-state index in [4.69, 9.17) is 4.74 Å². The first kappa shape index (κ1) is 17.4. The smallest absolute Gasteiger partial charge is 0.407 e. The van der Waals surface area contributed by atoms with Crippen LogP contribution in [0.4, 0.5) is 14.9 Å². The number of amides is 2. The largest absolute Gasteiger partial charge is 0.444 e. The first-order chi connectivity index (χ1) is 9.67. The zero-order valence-corrected chi connectivity index (χ0v) is 13.7. The topological polar surface area (TPSA) is 67.4 Å². The number of rotatable bonds is 4. The van der Waals surface area contributed by atoms with E-state index >= 15 is 0 Å². The van der Waals surface area contributed by atoms with Gasteiger partial charge in [0.2, 0.25) is 5.91 Å². The number of alkyl carbamates (subject to hydrolysis) is 1. The number of hydrogen-bond donors (Lipinski definition) is 2.